The molecule has 0 radical (unpaired) electrons. The SMILES string of the molecule is C/C=C/C(=O)N1C(=O)OC[C@H]1C. The van der Waals surface area contributed by atoms with Crippen LogP contribution in [0.4, 0.5) is 4.79 Å². The molecule has 1 heterocycles. The highest BCUT2D eigenvalue weighted by molar-refractivity contribution is 5.99. The van der Waals surface area contributed by atoms with Crippen LogP contribution in [0.15, 0.2) is 12.2 Å². The number of imide groups is 1. The number of hydrogen-bond acceptors (Lipinski definition) is 3. The van der Waals surface area contributed by atoms with E-state index in [1.165, 1.54) is 6.08 Å². The molecule has 0 aromatic carbocycles. The second-order valence-electron chi connectivity index (χ2n) is 2.63. The Morgan fingerprint density at radius 1 is 1.75 bits per heavy atom. The zero-order valence-corrected chi connectivity index (χ0v) is 7.11. The Kier molecular flexibility index (Phi) is 2.47. The van der Waals surface area contributed by atoms with Crippen LogP contribution < -0.4 is 0 Å². The third-order valence-electron chi connectivity index (χ3n) is 1.63. The summed E-state index contributed by atoms with van der Waals surface area (Å²) in [7, 11) is 0. The van der Waals surface area contributed by atoms with Gasteiger partial charge in [0.15, 0.2) is 0 Å². The lowest BCUT2D eigenvalue weighted by molar-refractivity contribution is -0.123. The van der Waals surface area contributed by atoms with Crippen molar-refractivity contribution in [1.29, 1.82) is 0 Å². The molecular weight excluding hydrogens is 158 g/mol. The maximum atomic E-state index is 11.2. The molecule has 0 saturated carbocycles. The van der Waals surface area contributed by atoms with E-state index >= 15 is 0 Å². The Labute approximate surface area is 70.8 Å². The normalized spacial score (nSPS) is 23.3. The van der Waals surface area contributed by atoms with E-state index in [-0.39, 0.29) is 11.9 Å². The van der Waals surface area contributed by atoms with Crippen molar-refractivity contribution < 1.29 is 14.3 Å². The van der Waals surface area contributed by atoms with Crippen LogP contribution in [-0.2, 0) is 9.53 Å². The summed E-state index contributed by atoms with van der Waals surface area (Å²) in [5, 5.41) is 0. The first-order chi connectivity index (χ1) is 5.66. The second-order valence-corrected chi connectivity index (χ2v) is 2.63. The van der Waals surface area contributed by atoms with E-state index in [2.05, 4.69) is 4.74 Å². The van der Waals surface area contributed by atoms with E-state index in [0.717, 1.165) is 4.90 Å². The molecule has 1 atom stereocenters. The first kappa shape index (κ1) is 8.77. The predicted molar refractivity (Wildman–Crippen MR) is 42.5 cm³/mol. The van der Waals surface area contributed by atoms with Crippen LogP contribution in [0.1, 0.15) is 13.8 Å². The van der Waals surface area contributed by atoms with Gasteiger partial charge < -0.3 is 4.74 Å². The summed E-state index contributed by atoms with van der Waals surface area (Å²) < 4.78 is 4.68. The predicted octanol–water partition coefficient (Wildman–Crippen LogP) is 0.930. The maximum Gasteiger partial charge on any atom is 0.417 e. The molecule has 0 unspecified atom stereocenters. The van der Waals surface area contributed by atoms with Crippen molar-refractivity contribution in [3.05, 3.63) is 12.2 Å². The third-order valence-corrected chi connectivity index (χ3v) is 1.63. The van der Waals surface area contributed by atoms with Crippen molar-refractivity contribution >= 4 is 12.0 Å². The van der Waals surface area contributed by atoms with Crippen molar-refractivity contribution in [1.82, 2.24) is 4.90 Å². The van der Waals surface area contributed by atoms with Gasteiger partial charge in [-0.1, -0.05) is 6.08 Å². The van der Waals surface area contributed by atoms with Gasteiger partial charge in [-0.05, 0) is 19.9 Å². The summed E-state index contributed by atoms with van der Waals surface area (Å²) >= 11 is 0. The van der Waals surface area contributed by atoms with Crippen LogP contribution in [0.5, 0.6) is 0 Å². The van der Waals surface area contributed by atoms with Gasteiger partial charge in [0.05, 0.1) is 6.04 Å². The van der Waals surface area contributed by atoms with Gasteiger partial charge in [-0.25, -0.2) is 9.69 Å². The number of carbonyl (C=O) groups is 2. The summed E-state index contributed by atoms with van der Waals surface area (Å²) in [6.07, 6.45) is 2.40. The molecule has 1 aliphatic heterocycles. The number of allylic oxidation sites excluding steroid dienone is 1. The smallest absolute Gasteiger partial charge is 0.417 e. The third kappa shape index (κ3) is 1.47. The molecule has 0 spiro atoms. The second kappa shape index (κ2) is 3.38. The fraction of sp³-hybridized carbons (Fsp3) is 0.500. The Bertz CT molecular complexity index is 234. The number of nitrogens with zero attached hydrogens (tertiary/aromatic N) is 1. The first-order valence-corrected chi connectivity index (χ1v) is 3.79. The van der Waals surface area contributed by atoms with Gasteiger partial charge >= 0.3 is 6.09 Å². The molecular formula is C8H11NO3. The quantitative estimate of drug-likeness (QED) is 0.548. The van der Waals surface area contributed by atoms with Gasteiger partial charge in [0.2, 0.25) is 0 Å². The Morgan fingerprint density at radius 2 is 2.42 bits per heavy atom. The molecule has 0 aromatic rings. The van der Waals surface area contributed by atoms with E-state index in [4.69, 9.17) is 0 Å². The molecule has 1 aliphatic rings. The van der Waals surface area contributed by atoms with E-state index in [1.54, 1.807) is 19.9 Å². The monoisotopic (exact) mass is 169 g/mol. The van der Waals surface area contributed by atoms with Crippen LogP contribution in [0.2, 0.25) is 0 Å². The minimum Gasteiger partial charge on any atom is -0.447 e. The van der Waals surface area contributed by atoms with Crippen LogP contribution in [0.25, 0.3) is 0 Å². The highest BCUT2D eigenvalue weighted by Gasteiger charge is 2.33. The molecule has 12 heavy (non-hydrogen) atoms. The molecule has 1 rings (SSSR count). The summed E-state index contributed by atoms with van der Waals surface area (Å²) in [4.78, 5) is 23.3. The number of cyclic esters (lactones) is 1. The standard InChI is InChI=1S/C8H11NO3/c1-3-4-7(10)9-6(2)5-12-8(9)11/h3-4,6H,5H2,1-2H3/b4-3+/t6-/m1/s1. The number of ether oxygens (including phenoxy) is 1. The molecule has 1 fully saturated rings. The average Bonchev–Trinajstić information content (AvgIpc) is 2.32. The van der Waals surface area contributed by atoms with Gasteiger partial charge in [-0.2, -0.15) is 0 Å². The molecule has 2 amide bonds. The van der Waals surface area contributed by atoms with Gasteiger partial charge in [-0.15, -0.1) is 0 Å². The molecule has 4 nitrogen and oxygen atoms in total. The average molecular weight is 169 g/mol. The van der Waals surface area contributed by atoms with Gasteiger partial charge in [0.1, 0.15) is 6.61 Å². The minimum absolute atomic E-state index is 0.152. The lowest BCUT2D eigenvalue weighted by atomic mass is 10.3. The van der Waals surface area contributed by atoms with Crippen molar-refractivity contribution in [2.75, 3.05) is 6.61 Å². The van der Waals surface area contributed by atoms with Gasteiger partial charge in [-0.3, -0.25) is 4.79 Å². The van der Waals surface area contributed by atoms with Crippen LogP contribution in [-0.4, -0.2) is 29.5 Å². The highest BCUT2D eigenvalue weighted by atomic mass is 16.6. The van der Waals surface area contributed by atoms with E-state index in [9.17, 15) is 9.59 Å². The Morgan fingerprint density at radius 3 is 2.83 bits per heavy atom. The molecule has 4 heteroatoms. The van der Waals surface area contributed by atoms with Crippen LogP contribution in [0, 0.1) is 0 Å². The summed E-state index contributed by atoms with van der Waals surface area (Å²) in [6.45, 7) is 3.79. The maximum absolute atomic E-state index is 11.2. The van der Waals surface area contributed by atoms with Crippen molar-refractivity contribution in [2.45, 2.75) is 19.9 Å². The van der Waals surface area contributed by atoms with Crippen molar-refractivity contribution in [3.63, 3.8) is 0 Å². The number of hydrogen-bond donors (Lipinski definition) is 0. The zero-order chi connectivity index (χ0) is 9.14. The van der Waals surface area contributed by atoms with Crippen molar-refractivity contribution in [2.24, 2.45) is 0 Å². The molecule has 0 aliphatic carbocycles. The zero-order valence-electron chi connectivity index (χ0n) is 7.11. The largest absolute Gasteiger partial charge is 0.447 e. The molecule has 0 N–H and O–H groups in total. The number of amides is 2. The first-order valence-electron chi connectivity index (χ1n) is 3.79. The highest BCUT2D eigenvalue weighted by Crippen LogP contribution is 2.11. The number of rotatable bonds is 1. The molecule has 66 valence electrons. The minimum atomic E-state index is -0.550. The van der Waals surface area contributed by atoms with Crippen LogP contribution >= 0.6 is 0 Å². The fourth-order valence-electron chi connectivity index (χ4n) is 1.05. The molecule has 0 bridgehead atoms. The van der Waals surface area contributed by atoms with E-state index in [1.807, 2.05) is 0 Å². The lowest BCUT2D eigenvalue weighted by Gasteiger charge is -2.12. The van der Waals surface area contributed by atoms with Gasteiger partial charge in [0, 0.05) is 0 Å². The van der Waals surface area contributed by atoms with Crippen molar-refractivity contribution in [3.8, 4) is 0 Å². The van der Waals surface area contributed by atoms with Crippen LogP contribution in [0.3, 0.4) is 0 Å². The van der Waals surface area contributed by atoms with Gasteiger partial charge in [0.25, 0.3) is 5.91 Å². The Hall–Kier alpha value is -1.32. The molecule has 1 saturated heterocycles. The molecule has 0 aromatic heterocycles. The summed E-state index contributed by atoms with van der Waals surface area (Å²) in [5.74, 6) is -0.312. The topological polar surface area (TPSA) is 46.6 Å². The fourth-order valence-corrected chi connectivity index (χ4v) is 1.05. The van der Waals surface area contributed by atoms with E-state index < -0.39 is 6.09 Å². The summed E-state index contributed by atoms with van der Waals surface area (Å²) in [5.41, 5.74) is 0. The lowest BCUT2D eigenvalue weighted by Crippen LogP contribution is -2.35. The summed E-state index contributed by atoms with van der Waals surface area (Å²) in [6, 6.07) is -0.152. The Balaban J connectivity index is 2.72. The van der Waals surface area contributed by atoms with E-state index in [0.29, 0.717) is 6.61 Å². The number of carbonyl (C=O) groups excluding carboxylic acids is 2.